The highest BCUT2D eigenvalue weighted by molar-refractivity contribution is 5.98. The van der Waals surface area contributed by atoms with Gasteiger partial charge in [-0.25, -0.2) is 0 Å². The van der Waals surface area contributed by atoms with Crippen LogP contribution in [-0.2, 0) is 6.61 Å². The minimum absolute atomic E-state index is 0.0264. The molecule has 0 radical (unpaired) electrons. The second-order valence-electron chi connectivity index (χ2n) is 9.30. The van der Waals surface area contributed by atoms with Gasteiger partial charge in [0.15, 0.2) is 0 Å². The summed E-state index contributed by atoms with van der Waals surface area (Å²) in [5, 5.41) is 14.9. The summed E-state index contributed by atoms with van der Waals surface area (Å²) in [7, 11) is 0. The molecule has 182 valence electrons. The number of aliphatic hydroxyl groups is 1. The average molecular weight is 486 g/mol. The fourth-order valence-corrected chi connectivity index (χ4v) is 5.18. The molecule has 0 bridgehead atoms. The van der Waals surface area contributed by atoms with E-state index in [2.05, 4.69) is 76.6 Å². The summed E-state index contributed by atoms with van der Waals surface area (Å²) >= 11 is 0. The summed E-state index contributed by atoms with van der Waals surface area (Å²) in [4.78, 5) is 4.77. The number of fused-ring (bicyclic) bond motifs is 1. The van der Waals surface area contributed by atoms with Crippen LogP contribution < -0.4 is 0 Å². The van der Waals surface area contributed by atoms with Crippen molar-refractivity contribution in [3.8, 4) is 22.3 Å². The van der Waals surface area contributed by atoms with Gasteiger partial charge in [0.25, 0.3) is 0 Å². The van der Waals surface area contributed by atoms with E-state index in [0.717, 1.165) is 61.4 Å². The third kappa shape index (κ3) is 4.13. The Morgan fingerprint density at radius 3 is 2.30 bits per heavy atom. The summed E-state index contributed by atoms with van der Waals surface area (Å²) in [5.74, 6) is 0.805. The standard InChI is InChI=1S/C32H27N3O2/c1-21-31(22(2)37-34-21)26-15-16-27-28(24-13-11-23(20-36)12-14-24)19-35(30(27)18-26)32(25-8-4-3-5-9-25)29-10-6-7-17-33-29/h3-19,32,36H,20H2,1-2H3. The molecule has 37 heavy (non-hydrogen) atoms. The SMILES string of the molecule is Cc1noc(C)c1-c1ccc2c(-c3ccc(CO)cc3)cn(C(c3ccccc3)c3ccccn3)c2c1. The van der Waals surface area contributed by atoms with Gasteiger partial charge in [0.05, 0.1) is 23.5 Å². The number of benzene rings is 3. The van der Waals surface area contributed by atoms with Crippen LogP contribution in [0.4, 0.5) is 0 Å². The molecule has 0 saturated heterocycles. The highest BCUT2D eigenvalue weighted by Gasteiger charge is 2.23. The maximum atomic E-state index is 9.54. The maximum absolute atomic E-state index is 9.54. The molecule has 0 aliphatic heterocycles. The summed E-state index contributed by atoms with van der Waals surface area (Å²) in [6.45, 7) is 3.95. The van der Waals surface area contributed by atoms with Crippen LogP contribution in [0, 0.1) is 13.8 Å². The molecular formula is C32H27N3O2. The molecule has 5 heteroatoms. The monoisotopic (exact) mass is 485 g/mol. The quantitative estimate of drug-likeness (QED) is 0.273. The molecule has 5 nitrogen and oxygen atoms in total. The van der Waals surface area contributed by atoms with E-state index in [1.165, 1.54) is 0 Å². The Labute approximate surface area is 215 Å². The van der Waals surface area contributed by atoms with Crippen LogP contribution in [0.25, 0.3) is 33.2 Å². The molecule has 1 atom stereocenters. The second kappa shape index (κ2) is 9.52. The molecule has 3 heterocycles. The molecule has 0 spiro atoms. The Hall–Kier alpha value is -4.48. The summed E-state index contributed by atoms with van der Waals surface area (Å²) in [5.41, 5.74) is 9.30. The molecule has 3 aromatic heterocycles. The lowest BCUT2D eigenvalue weighted by Gasteiger charge is -2.21. The Morgan fingerprint density at radius 2 is 1.62 bits per heavy atom. The molecular weight excluding hydrogens is 458 g/mol. The first kappa shape index (κ1) is 23.0. The fourth-order valence-electron chi connectivity index (χ4n) is 5.18. The van der Waals surface area contributed by atoms with Gasteiger partial charge < -0.3 is 14.2 Å². The van der Waals surface area contributed by atoms with E-state index in [-0.39, 0.29) is 12.6 Å². The van der Waals surface area contributed by atoms with Crippen LogP contribution in [0.5, 0.6) is 0 Å². The van der Waals surface area contributed by atoms with Gasteiger partial charge in [-0.3, -0.25) is 4.98 Å². The summed E-state index contributed by atoms with van der Waals surface area (Å²) in [6.07, 6.45) is 4.07. The average Bonchev–Trinajstić information content (AvgIpc) is 3.49. The lowest BCUT2D eigenvalue weighted by Crippen LogP contribution is -2.12. The molecule has 6 rings (SSSR count). The van der Waals surface area contributed by atoms with Crippen LogP contribution >= 0.6 is 0 Å². The first-order valence-electron chi connectivity index (χ1n) is 12.4. The zero-order valence-corrected chi connectivity index (χ0v) is 20.8. The first-order chi connectivity index (χ1) is 18.1. The normalized spacial score (nSPS) is 12.2. The van der Waals surface area contributed by atoms with Crippen LogP contribution in [-0.4, -0.2) is 19.8 Å². The Kier molecular flexibility index (Phi) is 5.91. The minimum atomic E-state index is -0.115. The highest BCUT2D eigenvalue weighted by atomic mass is 16.5. The van der Waals surface area contributed by atoms with E-state index in [4.69, 9.17) is 9.51 Å². The topological polar surface area (TPSA) is 64.1 Å². The molecule has 1 unspecified atom stereocenters. The molecule has 6 aromatic rings. The summed E-state index contributed by atoms with van der Waals surface area (Å²) in [6, 6.07) is 31.1. The van der Waals surface area contributed by atoms with Crippen molar-refractivity contribution in [3.63, 3.8) is 0 Å². The highest BCUT2D eigenvalue weighted by Crippen LogP contribution is 2.39. The lowest BCUT2D eigenvalue weighted by molar-refractivity contribution is 0.282. The lowest BCUT2D eigenvalue weighted by atomic mass is 9.99. The number of hydrogen-bond acceptors (Lipinski definition) is 4. The smallest absolute Gasteiger partial charge is 0.141 e. The Balaban J connectivity index is 1.64. The number of aryl methyl sites for hydroxylation is 2. The molecule has 0 amide bonds. The van der Waals surface area contributed by atoms with Crippen LogP contribution in [0.1, 0.15) is 34.3 Å². The van der Waals surface area contributed by atoms with Crippen molar-refractivity contribution in [1.82, 2.24) is 14.7 Å². The van der Waals surface area contributed by atoms with Gasteiger partial charge in [-0.1, -0.05) is 78.0 Å². The number of pyridine rings is 1. The van der Waals surface area contributed by atoms with E-state index in [0.29, 0.717) is 0 Å². The van der Waals surface area contributed by atoms with Crippen molar-refractivity contribution in [2.45, 2.75) is 26.5 Å². The Morgan fingerprint density at radius 1 is 0.865 bits per heavy atom. The zero-order chi connectivity index (χ0) is 25.4. The molecule has 0 fully saturated rings. The van der Waals surface area contributed by atoms with Crippen LogP contribution in [0.3, 0.4) is 0 Å². The number of hydrogen-bond donors (Lipinski definition) is 1. The second-order valence-corrected chi connectivity index (χ2v) is 9.30. The van der Waals surface area contributed by atoms with Crippen LogP contribution in [0.2, 0.25) is 0 Å². The van der Waals surface area contributed by atoms with E-state index in [1.807, 2.05) is 50.4 Å². The third-order valence-electron chi connectivity index (χ3n) is 6.97. The van der Waals surface area contributed by atoms with Crippen molar-refractivity contribution >= 4 is 10.9 Å². The van der Waals surface area contributed by atoms with Crippen molar-refractivity contribution < 1.29 is 9.63 Å². The van der Waals surface area contributed by atoms with E-state index < -0.39 is 0 Å². The van der Waals surface area contributed by atoms with Crippen molar-refractivity contribution in [2.24, 2.45) is 0 Å². The minimum Gasteiger partial charge on any atom is -0.392 e. The molecule has 1 N–H and O–H groups in total. The van der Waals surface area contributed by atoms with E-state index in [1.54, 1.807) is 0 Å². The van der Waals surface area contributed by atoms with Gasteiger partial charge in [-0.15, -0.1) is 0 Å². The summed E-state index contributed by atoms with van der Waals surface area (Å²) < 4.78 is 7.81. The van der Waals surface area contributed by atoms with Gasteiger partial charge in [-0.2, -0.15) is 0 Å². The molecule has 0 saturated carbocycles. The number of aliphatic hydroxyl groups excluding tert-OH is 1. The van der Waals surface area contributed by atoms with E-state index in [9.17, 15) is 5.11 Å². The largest absolute Gasteiger partial charge is 0.392 e. The fraction of sp³-hybridized carbons (Fsp3) is 0.125. The van der Waals surface area contributed by atoms with Crippen molar-refractivity contribution in [2.75, 3.05) is 0 Å². The van der Waals surface area contributed by atoms with E-state index >= 15 is 0 Å². The van der Waals surface area contributed by atoms with Gasteiger partial charge in [0.2, 0.25) is 0 Å². The maximum Gasteiger partial charge on any atom is 0.141 e. The predicted molar refractivity (Wildman–Crippen MR) is 146 cm³/mol. The molecule has 3 aromatic carbocycles. The first-order valence-corrected chi connectivity index (χ1v) is 12.4. The predicted octanol–water partition coefficient (Wildman–Crippen LogP) is 7.11. The third-order valence-corrected chi connectivity index (χ3v) is 6.97. The molecule has 0 aliphatic rings. The van der Waals surface area contributed by atoms with Gasteiger partial charge >= 0.3 is 0 Å². The number of rotatable bonds is 6. The Bertz CT molecular complexity index is 1610. The van der Waals surface area contributed by atoms with Crippen molar-refractivity contribution in [1.29, 1.82) is 0 Å². The number of nitrogens with zero attached hydrogens (tertiary/aromatic N) is 3. The van der Waals surface area contributed by atoms with Crippen LogP contribution in [0.15, 0.2) is 108 Å². The van der Waals surface area contributed by atoms with Crippen molar-refractivity contribution in [3.05, 3.63) is 132 Å². The van der Waals surface area contributed by atoms with Gasteiger partial charge in [0, 0.05) is 28.9 Å². The van der Waals surface area contributed by atoms with Gasteiger partial charge in [-0.05, 0) is 54.3 Å². The zero-order valence-electron chi connectivity index (χ0n) is 20.8. The molecule has 0 aliphatic carbocycles. The number of aromatic nitrogens is 3. The van der Waals surface area contributed by atoms with Gasteiger partial charge in [0.1, 0.15) is 11.8 Å².